The second-order valence-corrected chi connectivity index (χ2v) is 14.1. The summed E-state index contributed by atoms with van der Waals surface area (Å²) in [7, 11) is 0. The fraction of sp³-hybridized carbons (Fsp3) is 0. The molecular weight excluding hydrogens is 677 g/mol. The summed E-state index contributed by atoms with van der Waals surface area (Å²) in [6, 6.07) is 83.1. The standard InChI is InChI=1S/C54H38N2/c1-4-16-39(17-5-1)41-28-30-43(31-29-41)51-38-46(55(44-20-8-3-9-21-44)45-34-32-42(33-35-45)40-18-6-2-7-19-40)36-37-47(51)48-22-10-13-25-52(48)56-53-26-14-11-23-49(53)50-24-12-15-27-54(50)56/h1-38H. The minimum atomic E-state index is 1.09. The van der Waals surface area contributed by atoms with E-state index >= 15 is 0 Å². The van der Waals surface area contributed by atoms with Crippen LogP contribution in [0.25, 0.3) is 72.0 Å². The van der Waals surface area contributed by atoms with Crippen molar-refractivity contribution in [3.05, 3.63) is 231 Å². The van der Waals surface area contributed by atoms with Gasteiger partial charge < -0.3 is 9.47 Å². The molecule has 56 heavy (non-hydrogen) atoms. The number of fused-ring (bicyclic) bond motifs is 3. The monoisotopic (exact) mass is 714 g/mol. The number of hydrogen-bond donors (Lipinski definition) is 0. The Bertz CT molecular complexity index is 2870. The van der Waals surface area contributed by atoms with Crippen molar-refractivity contribution in [2.75, 3.05) is 4.90 Å². The van der Waals surface area contributed by atoms with Gasteiger partial charge in [-0.2, -0.15) is 0 Å². The van der Waals surface area contributed by atoms with Crippen molar-refractivity contribution in [3.8, 4) is 50.2 Å². The van der Waals surface area contributed by atoms with Gasteiger partial charge in [-0.3, -0.25) is 0 Å². The molecule has 0 bridgehead atoms. The molecule has 0 N–H and O–H groups in total. The maximum atomic E-state index is 2.43. The number of aromatic nitrogens is 1. The van der Waals surface area contributed by atoms with Crippen LogP contribution in [-0.2, 0) is 0 Å². The van der Waals surface area contributed by atoms with Crippen molar-refractivity contribution in [2.24, 2.45) is 0 Å². The maximum Gasteiger partial charge on any atom is 0.0541 e. The average Bonchev–Trinajstić information content (AvgIpc) is 3.62. The number of anilines is 3. The summed E-state index contributed by atoms with van der Waals surface area (Å²) in [5.74, 6) is 0. The quantitative estimate of drug-likeness (QED) is 0.152. The molecule has 0 radical (unpaired) electrons. The van der Waals surface area contributed by atoms with Crippen LogP contribution in [0.3, 0.4) is 0 Å². The third-order valence-electron chi connectivity index (χ3n) is 10.8. The lowest BCUT2D eigenvalue weighted by Gasteiger charge is -2.27. The van der Waals surface area contributed by atoms with Crippen molar-refractivity contribution >= 4 is 38.9 Å². The summed E-state index contributed by atoms with van der Waals surface area (Å²) in [5.41, 5.74) is 16.3. The van der Waals surface area contributed by atoms with E-state index in [1.807, 2.05) is 0 Å². The van der Waals surface area contributed by atoms with Crippen LogP contribution in [0.1, 0.15) is 0 Å². The van der Waals surface area contributed by atoms with Crippen LogP contribution in [-0.4, -0.2) is 4.57 Å². The van der Waals surface area contributed by atoms with Crippen molar-refractivity contribution < 1.29 is 0 Å². The van der Waals surface area contributed by atoms with Gasteiger partial charge in [0.2, 0.25) is 0 Å². The van der Waals surface area contributed by atoms with E-state index in [0.717, 1.165) is 33.9 Å². The van der Waals surface area contributed by atoms with Crippen molar-refractivity contribution in [1.82, 2.24) is 4.57 Å². The second-order valence-electron chi connectivity index (χ2n) is 14.1. The predicted molar refractivity (Wildman–Crippen MR) is 237 cm³/mol. The van der Waals surface area contributed by atoms with E-state index < -0.39 is 0 Å². The maximum absolute atomic E-state index is 2.43. The molecule has 2 nitrogen and oxygen atoms in total. The lowest BCUT2D eigenvalue weighted by Crippen LogP contribution is -2.10. The van der Waals surface area contributed by atoms with Crippen molar-refractivity contribution in [2.45, 2.75) is 0 Å². The van der Waals surface area contributed by atoms with Crippen LogP contribution in [0.5, 0.6) is 0 Å². The molecule has 264 valence electrons. The van der Waals surface area contributed by atoms with Gasteiger partial charge in [-0.25, -0.2) is 0 Å². The van der Waals surface area contributed by atoms with Gasteiger partial charge in [0.1, 0.15) is 0 Å². The minimum Gasteiger partial charge on any atom is -0.310 e. The highest BCUT2D eigenvalue weighted by atomic mass is 15.1. The van der Waals surface area contributed by atoms with Crippen LogP contribution in [0.2, 0.25) is 0 Å². The molecule has 0 aliphatic rings. The second kappa shape index (κ2) is 14.4. The average molecular weight is 715 g/mol. The van der Waals surface area contributed by atoms with Crippen LogP contribution >= 0.6 is 0 Å². The smallest absolute Gasteiger partial charge is 0.0541 e. The Kier molecular flexibility index (Phi) is 8.55. The van der Waals surface area contributed by atoms with Crippen LogP contribution in [0.15, 0.2) is 231 Å². The van der Waals surface area contributed by atoms with Crippen LogP contribution < -0.4 is 4.90 Å². The van der Waals surface area contributed by atoms with E-state index in [0.29, 0.717) is 0 Å². The molecule has 0 fully saturated rings. The molecule has 0 saturated heterocycles. The van der Waals surface area contributed by atoms with E-state index in [-0.39, 0.29) is 0 Å². The number of rotatable bonds is 8. The zero-order chi connectivity index (χ0) is 37.3. The normalized spacial score (nSPS) is 11.2. The Morgan fingerprint density at radius 3 is 1.30 bits per heavy atom. The Morgan fingerprint density at radius 1 is 0.268 bits per heavy atom. The largest absolute Gasteiger partial charge is 0.310 e. The summed E-state index contributed by atoms with van der Waals surface area (Å²) < 4.78 is 2.43. The highest BCUT2D eigenvalue weighted by Crippen LogP contribution is 2.44. The first-order valence-electron chi connectivity index (χ1n) is 19.2. The summed E-state index contributed by atoms with van der Waals surface area (Å²) >= 11 is 0. The topological polar surface area (TPSA) is 8.17 Å². The van der Waals surface area contributed by atoms with E-state index in [1.165, 1.54) is 55.2 Å². The molecule has 2 heteroatoms. The first kappa shape index (κ1) is 33.2. The molecule has 0 saturated carbocycles. The van der Waals surface area contributed by atoms with Gasteiger partial charge in [0, 0.05) is 33.4 Å². The van der Waals surface area contributed by atoms with Gasteiger partial charge in [0.05, 0.1) is 16.7 Å². The minimum absolute atomic E-state index is 1.09. The summed E-state index contributed by atoms with van der Waals surface area (Å²) in [4.78, 5) is 2.36. The number of nitrogens with zero attached hydrogens (tertiary/aromatic N) is 2. The Hall–Kier alpha value is -7.42. The fourth-order valence-corrected chi connectivity index (χ4v) is 8.15. The zero-order valence-corrected chi connectivity index (χ0v) is 30.8. The third kappa shape index (κ3) is 6.04. The lowest BCUT2D eigenvalue weighted by atomic mass is 9.91. The molecular formula is C54H38N2. The Balaban J connectivity index is 1.18. The molecule has 10 rings (SSSR count). The molecule has 0 atom stereocenters. The number of para-hydroxylation sites is 4. The van der Waals surface area contributed by atoms with Crippen molar-refractivity contribution in [3.63, 3.8) is 0 Å². The van der Waals surface area contributed by atoms with E-state index in [9.17, 15) is 0 Å². The van der Waals surface area contributed by atoms with Gasteiger partial charge in [0.25, 0.3) is 0 Å². The molecule has 0 aliphatic heterocycles. The summed E-state index contributed by atoms with van der Waals surface area (Å²) in [5, 5.41) is 2.50. The predicted octanol–water partition coefficient (Wildman–Crippen LogP) is 14.9. The highest BCUT2D eigenvalue weighted by Gasteiger charge is 2.20. The summed E-state index contributed by atoms with van der Waals surface area (Å²) in [6.45, 7) is 0. The first-order valence-corrected chi connectivity index (χ1v) is 19.2. The summed E-state index contributed by atoms with van der Waals surface area (Å²) in [6.07, 6.45) is 0. The Labute approximate surface area is 327 Å². The van der Waals surface area contributed by atoms with E-state index in [1.54, 1.807) is 0 Å². The van der Waals surface area contributed by atoms with Crippen molar-refractivity contribution in [1.29, 1.82) is 0 Å². The zero-order valence-electron chi connectivity index (χ0n) is 30.8. The van der Waals surface area contributed by atoms with Gasteiger partial charge in [-0.1, -0.05) is 176 Å². The molecule has 1 heterocycles. The molecule has 9 aromatic carbocycles. The fourth-order valence-electron chi connectivity index (χ4n) is 8.15. The molecule has 0 unspecified atom stereocenters. The van der Waals surface area contributed by atoms with Gasteiger partial charge in [0.15, 0.2) is 0 Å². The number of hydrogen-bond acceptors (Lipinski definition) is 1. The molecule has 0 amide bonds. The Morgan fingerprint density at radius 2 is 0.696 bits per heavy atom. The lowest BCUT2D eigenvalue weighted by molar-refractivity contribution is 1.18. The highest BCUT2D eigenvalue weighted by molar-refractivity contribution is 6.10. The van der Waals surface area contributed by atoms with Crippen LogP contribution in [0, 0.1) is 0 Å². The SMILES string of the molecule is c1ccc(-c2ccc(-c3cc(N(c4ccccc4)c4ccc(-c5ccccc5)cc4)ccc3-c3ccccc3-n3c4ccccc4c4ccccc43)cc2)cc1. The van der Waals surface area contributed by atoms with Gasteiger partial charge in [-0.15, -0.1) is 0 Å². The number of benzene rings is 9. The molecule has 0 spiro atoms. The molecule has 1 aromatic heterocycles. The third-order valence-corrected chi connectivity index (χ3v) is 10.8. The van der Waals surface area contributed by atoms with Gasteiger partial charge in [-0.05, 0) is 93.5 Å². The van der Waals surface area contributed by atoms with Crippen LogP contribution in [0.4, 0.5) is 17.1 Å². The van der Waals surface area contributed by atoms with E-state index in [4.69, 9.17) is 0 Å². The van der Waals surface area contributed by atoms with E-state index in [2.05, 4.69) is 240 Å². The van der Waals surface area contributed by atoms with Gasteiger partial charge >= 0.3 is 0 Å². The molecule has 0 aliphatic carbocycles. The first-order chi connectivity index (χ1) is 27.8. The molecule has 10 aromatic rings.